The molecule has 2 aromatic carbocycles. The number of oxazole rings is 1. The number of amides is 1. The molecular formula is C19H17FN2O4S. The number of nitrogens with zero attached hydrogens (tertiary/aromatic N) is 2. The zero-order chi connectivity index (χ0) is 19.2. The van der Waals surface area contributed by atoms with E-state index in [0.29, 0.717) is 21.9 Å². The smallest absolute Gasteiger partial charge is 0.316 e. The van der Waals surface area contributed by atoms with Crippen LogP contribution >= 0.6 is 11.8 Å². The summed E-state index contributed by atoms with van der Waals surface area (Å²) in [7, 11) is 1.56. The number of rotatable bonds is 7. The fourth-order valence-corrected chi connectivity index (χ4v) is 2.96. The number of thioether (sulfide) groups is 1. The summed E-state index contributed by atoms with van der Waals surface area (Å²) in [5.41, 5.74) is 2.01. The minimum absolute atomic E-state index is 0.0201. The molecule has 6 nitrogen and oxygen atoms in total. The summed E-state index contributed by atoms with van der Waals surface area (Å²) < 4.78 is 23.7. The van der Waals surface area contributed by atoms with Crippen molar-refractivity contribution >= 4 is 34.7 Å². The number of para-hydroxylation sites is 2. The highest BCUT2D eigenvalue weighted by molar-refractivity contribution is 7.99. The Kier molecular flexibility index (Phi) is 6.08. The third-order valence-corrected chi connectivity index (χ3v) is 4.48. The molecule has 0 spiro atoms. The van der Waals surface area contributed by atoms with Crippen LogP contribution in [0.5, 0.6) is 0 Å². The van der Waals surface area contributed by atoms with Crippen LogP contribution in [0.25, 0.3) is 11.1 Å². The Balaban J connectivity index is 1.43. The number of hydrogen-bond donors (Lipinski definition) is 0. The van der Waals surface area contributed by atoms with Gasteiger partial charge in [0.1, 0.15) is 17.1 Å². The summed E-state index contributed by atoms with van der Waals surface area (Å²) in [5.74, 6) is -1.31. The average molecular weight is 388 g/mol. The number of halogens is 1. The topological polar surface area (TPSA) is 72.6 Å². The number of likely N-dealkylation sites (N-methyl/N-ethyl adjacent to an activating group) is 1. The Morgan fingerprint density at radius 3 is 2.81 bits per heavy atom. The van der Waals surface area contributed by atoms with Gasteiger partial charge in [0.15, 0.2) is 12.2 Å². The number of carbonyl (C=O) groups excluding carboxylic acids is 2. The molecule has 0 radical (unpaired) electrons. The van der Waals surface area contributed by atoms with Gasteiger partial charge in [-0.3, -0.25) is 9.59 Å². The van der Waals surface area contributed by atoms with Gasteiger partial charge in [-0.1, -0.05) is 36.0 Å². The zero-order valence-electron chi connectivity index (χ0n) is 14.6. The lowest BCUT2D eigenvalue weighted by Crippen LogP contribution is -2.31. The third-order valence-electron chi connectivity index (χ3n) is 3.68. The van der Waals surface area contributed by atoms with Crippen LogP contribution in [0.1, 0.15) is 5.56 Å². The van der Waals surface area contributed by atoms with Crippen molar-refractivity contribution in [3.8, 4) is 0 Å². The monoisotopic (exact) mass is 388 g/mol. The van der Waals surface area contributed by atoms with Crippen LogP contribution in [0.2, 0.25) is 0 Å². The number of carbonyl (C=O) groups is 2. The maximum absolute atomic E-state index is 13.2. The molecule has 0 saturated carbocycles. The minimum atomic E-state index is -0.547. The number of esters is 1. The van der Waals surface area contributed by atoms with Crippen LogP contribution in [0.15, 0.2) is 58.2 Å². The Labute approximate surface area is 159 Å². The summed E-state index contributed by atoms with van der Waals surface area (Å²) >= 11 is 1.10. The van der Waals surface area contributed by atoms with Gasteiger partial charge in [0.2, 0.25) is 0 Å². The number of aromatic nitrogens is 1. The lowest BCUT2D eigenvalue weighted by atomic mass is 10.2. The average Bonchev–Trinajstić information content (AvgIpc) is 3.07. The van der Waals surface area contributed by atoms with Crippen LogP contribution in [0, 0.1) is 5.82 Å². The Bertz CT molecular complexity index is 927. The van der Waals surface area contributed by atoms with Crippen molar-refractivity contribution in [3.63, 3.8) is 0 Å². The van der Waals surface area contributed by atoms with Crippen LogP contribution < -0.4 is 0 Å². The third kappa shape index (κ3) is 5.30. The molecule has 0 atom stereocenters. The van der Waals surface area contributed by atoms with Gasteiger partial charge in [0, 0.05) is 13.6 Å². The minimum Gasteiger partial charge on any atom is -0.455 e. The first-order chi connectivity index (χ1) is 13.0. The van der Waals surface area contributed by atoms with Crippen molar-refractivity contribution in [1.82, 2.24) is 9.88 Å². The second kappa shape index (κ2) is 8.68. The van der Waals surface area contributed by atoms with Gasteiger partial charge in [-0.2, -0.15) is 0 Å². The highest BCUT2D eigenvalue weighted by atomic mass is 32.2. The van der Waals surface area contributed by atoms with E-state index >= 15 is 0 Å². The largest absolute Gasteiger partial charge is 0.455 e. The van der Waals surface area contributed by atoms with E-state index in [1.807, 2.05) is 18.2 Å². The highest BCUT2D eigenvalue weighted by Gasteiger charge is 2.14. The first kappa shape index (κ1) is 18.9. The molecule has 0 aliphatic rings. The molecule has 0 bridgehead atoms. The van der Waals surface area contributed by atoms with Crippen molar-refractivity contribution < 1.29 is 23.1 Å². The Hall–Kier alpha value is -2.87. The Morgan fingerprint density at radius 2 is 2.04 bits per heavy atom. The fourth-order valence-electron chi connectivity index (χ4n) is 2.32. The normalized spacial score (nSPS) is 10.7. The molecule has 1 aromatic heterocycles. The van der Waals surface area contributed by atoms with Crippen molar-refractivity contribution in [2.24, 2.45) is 0 Å². The van der Waals surface area contributed by atoms with Crippen LogP contribution in [-0.4, -0.2) is 41.2 Å². The van der Waals surface area contributed by atoms with Crippen molar-refractivity contribution in [2.75, 3.05) is 19.4 Å². The lowest BCUT2D eigenvalue weighted by molar-refractivity contribution is -0.149. The summed E-state index contributed by atoms with van der Waals surface area (Å²) in [5, 5.41) is 0.364. The van der Waals surface area contributed by atoms with Crippen molar-refractivity contribution in [3.05, 3.63) is 59.9 Å². The molecule has 27 heavy (non-hydrogen) atoms. The predicted molar refractivity (Wildman–Crippen MR) is 98.6 cm³/mol. The van der Waals surface area contributed by atoms with E-state index in [2.05, 4.69) is 4.98 Å². The van der Waals surface area contributed by atoms with E-state index in [4.69, 9.17) is 9.15 Å². The molecule has 0 unspecified atom stereocenters. The van der Waals surface area contributed by atoms with E-state index in [1.54, 1.807) is 25.2 Å². The molecule has 0 aliphatic carbocycles. The maximum Gasteiger partial charge on any atom is 0.316 e. The molecule has 3 rings (SSSR count). The number of ether oxygens (including phenoxy) is 1. The van der Waals surface area contributed by atoms with Gasteiger partial charge in [0.25, 0.3) is 11.1 Å². The lowest BCUT2D eigenvalue weighted by Gasteiger charge is -2.17. The molecule has 0 fully saturated rings. The summed E-state index contributed by atoms with van der Waals surface area (Å²) in [6, 6.07) is 13.3. The van der Waals surface area contributed by atoms with Crippen molar-refractivity contribution in [2.45, 2.75) is 11.8 Å². The molecule has 140 valence electrons. The highest BCUT2D eigenvalue weighted by Crippen LogP contribution is 2.23. The van der Waals surface area contributed by atoms with Gasteiger partial charge >= 0.3 is 5.97 Å². The SMILES string of the molecule is CN(Cc1cccc(F)c1)C(=O)COC(=O)CSc1nc2ccccc2o1. The van der Waals surface area contributed by atoms with Gasteiger partial charge in [-0.25, -0.2) is 9.37 Å². The molecule has 1 amide bonds. The first-order valence-electron chi connectivity index (χ1n) is 8.13. The molecule has 1 heterocycles. The van der Waals surface area contributed by atoms with E-state index in [0.717, 1.165) is 11.8 Å². The van der Waals surface area contributed by atoms with Crippen molar-refractivity contribution in [1.29, 1.82) is 0 Å². The first-order valence-corrected chi connectivity index (χ1v) is 9.12. The summed E-state index contributed by atoms with van der Waals surface area (Å²) in [6.45, 7) is -0.148. The van der Waals surface area contributed by atoms with Crippen LogP contribution in [0.3, 0.4) is 0 Å². The van der Waals surface area contributed by atoms with Gasteiger partial charge < -0.3 is 14.1 Å². The van der Waals surface area contributed by atoms with Gasteiger partial charge in [-0.15, -0.1) is 0 Å². The van der Waals surface area contributed by atoms with E-state index < -0.39 is 5.97 Å². The number of fused-ring (bicyclic) bond motifs is 1. The second-order valence-corrected chi connectivity index (χ2v) is 6.70. The van der Waals surface area contributed by atoms with Crippen LogP contribution in [0.4, 0.5) is 4.39 Å². The van der Waals surface area contributed by atoms with E-state index in [-0.39, 0.29) is 30.6 Å². The molecule has 8 heteroatoms. The van der Waals surface area contributed by atoms with Crippen LogP contribution in [-0.2, 0) is 20.9 Å². The second-order valence-electron chi connectivity index (χ2n) is 5.78. The number of benzene rings is 2. The molecule has 0 aliphatic heterocycles. The van der Waals surface area contributed by atoms with E-state index in [9.17, 15) is 14.0 Å². The van der Waals surface area contributed by atoms with Gasteiger partial charge in [-0.05, 0) is 29.8 Å². The maximum atomic E-state index is 13.2. The Morgan fingerprint density at radius 1 is 1.22 bits per heavy atom. The molecule has 3 aromatic rings. The van der Waals surface area contributed by atoms with Gasteiger partial charge in [0.05, 0.1) is 0 Å². The zero-order valence-corrected chi connectivity index (χ0v) is 15.4. The summed E-state index contributed by atoms with van der Waals surface area (Å²) in [4.78, 5) is 29.5. The quantitative estimate of drug-likeness (QED) is 0.457. The van der Waals surface area contributed by atoms with E-state index in [1.165, 1.54) is 17.0 Å². The molecule has 0 N–H and O–H groups in total. The summed E-state index contributed by atoms with van der Waals surface area (Å²) in [6.07, 6.45) is 0. The molecule has 0 saturated heterocycles. The fraction of sp³-hybridized carbons (Fsp3) is 0.211. The number of hydrogen-bond acceptors (Lipinski definition) is 6. The molecular weight excluding hydrogens is 371 g/mol. The standard InChI is InChI=1S/C19H17FN2O4S/c1-22(10-13-5-4-6-14(20)9-13)17(23)11-25-18(24)12-27-19-21-15-7-2-3-8-16(15)26-19/h2-9H,10-12H2,1H3. The predicted octanol–water partition coefficient (Wildman–Crippen LogP) is 3.26.